The largest absolute Gasteiger partial charge is 1.00 e. The minimum Gasteiger partial charge on any atom is -1.00 e. The molecular formula is C19H17BrN2O. The predicted octanol–water partition coefficient (Wildman–Crippen LogP) is 0.484. The second-order valence-corrected chi connectivity index (χ2v) is 5.11. The summed E-state index contributed by atoms with van der Waals surface area (Å²) in [5, 5.41) is 0. The van der Waals surface area contributed by atoms with Crippen molar-refractivity contribution in [1.29, 1.82) is 0 Å². The van der Waals surface area contributed by atoms with E-state index in [1.165, 1.54) is 0 Å². The Bertz CT molecular complexity index is 776. The molecule has 0 bridgehead atoms. The SMILES string of the molecule is CC(C(=O)c1ccccc1)[n+]1ccccc1-c1ccccn1.[Br-]. The molecule has 0 aliphatic carbocycles. The molecule has 0 fully saturated rings. The van der Waals surface area contributed by atoms with Crippen LogP contribution in [0.25, 0.3) is 11.4 Å². The van der Waals surface area contributed by atoms with Gasteiger partial charge in [0.1, 0.15) is 5.69 Å². The number of nitrogens with zero attached hydrogens (tertiary/aromatic N) is 2. The first kappa shape index (κ1) is 17.0. The van der Waals surface area contributed by atoms with Gasteiger partial charge in [0.15, 0.2) is 6.20 Å². The van der Waals surface area contributed by atoms with Crippen LogP contribution in [0.1, 0.15) is 23.3 Å². The Labute approximate surface area is 146 Å². The normalized spacial score (nSPS) is 11.3. The monoisotopic (exact) mass is 368 g/mol. The van der Waals surface area contributed by atoms with E-state index in [2.05, 4.69) is 4.98 Å². The molecule has 1 unspecified atom stereocenters. The minimum absolute atomic E-state index is 0. The van der Waals surface area contributed by atoms with E-state index in [1.807, 2.05) is 84.4 Å². The highest BCUT2D eigenvalue weighted by Crippen LogP contribution is 2.15. The highest BCUT2D eigenvalue weighted by molar-refractivity contribution is 5.97. The Morgan fingerprint density at radius 3 is 2.35 bits per heavy atom. The van der Waals surface area contributed by atoms with Gasteiger partial charge >= 0.3 is 0 Å². The molecule has 0 saturated carbocycles. The maximum atomic E-state index is 12.7. The lowest BCUT2D eigenvalue weighted by atomic mass is 10.0. The third kappa shape index (κ3) is 3.71. The summed E-state index contributed by atoms with van der Waals surface area (Å²) < 4.78 is 1.97. The number of benzene rings is 1. The summed E-state index contributed by atoms with van der Waals surface area (Å²) in [5.41, 5.74) is 2.51. The number of ketones is 1. The molecule has 0 spiro atoms. The first-order valence-electron chi connectivity index (χ1n) is 7.28. The van der Waals surface area contributed by atoms with Gasteiger partial charge in [0.05, 0.1) is 0 Å². The summed E-state index contributed by atoms with van der Waals surface area (Å²) >= 11 is 0. The number of hydrogen-bond acceptors (Lipinski definition) is 2. The summed E-state index contributed by atoms with van der Waals surface area (Å²) in [6.45, 7) is 1.92. The molecule has 3 rings (SSSR count). The van der Waals surface area contributed by atoms with Crippen LogP contribution in [0.2, 0.25) is 0 Å². The molecule has 0 N–H and O–H groups in total. The number of hydrogen-bond donors (Lipinski definition) is 0. The van der Waals surface area contributed by atoms with E-state index in [0.717, 1.165) is 17.0 Å². The zero-order chi connectivity index (χ0) is 15.4. The van der Waals surface area contributed by atoms with Crippen molar-refractivity contribution in [3.05, 3.63) is 84.7 Å². The number of rotatable bonds is 4. The van der Waals surface area contributed by atoms with Crippen molar-refractivity contribution in [3.63, 3.8) is 0 Å². The van der Waals surface area contributed by atoms with Gasteiger partial charge in [-0.25, -0.2) is 4.98 Å². The Balaban J connectivity index is 0.00000192. The third-order valence-electron chi connectivity index (χ3n) is 3.67. The lowest BCUT2D eigenvalue weighted by Gasteiger charge is -2.10. The predicted molar refractivity (Wildman–Crippen MR) is 85.4 cm³/mol. The quantitative estimate of drug-likeness (QED) is 0.495. The summed E-state index contributed by atoms with van der Waals surface area (Å²) in [7, 11) is 0. The van der Waals surface area contributed by atoms with E-state index < -0.39 is 0 Å². The van der Waals surface area contributed by atoms with Gasteiger partial charge in [-0.3, -0.25) is 4.79 Å². The van der Waals surface area contributed by atoms with Gasteiger partial charge in [-0.05, 0) is 18.2 Å². The average Bonchev–Trinajstić information content (AvgIpc) is 2.62. The Hall–Kier alpha value is -2.33. The highest BCUT2D eigenvalue weighted by atomic mass is 79.9. The number of pyridine rings is 2. The molecule has 4 heteroatoms. The number of halogens is 1. The molecule has 1 atom stereocenters. The first-order valence-corrected chi connectivity index (χ1v) is 7.28. The second kappa shape index (κ2) is 7.79. The smallest absolute Gasteiger partial charge is 0.231 e. The molecule has 2 aromatic heterocycles. The first-order chi connectivity index (χ1) is 10.8. The van der Waals surface area contributed by atoms with Crippen molar-refractivity contribution in [2.45, 2.75) is 13.0 Å². The second-order valence-electron chi connectivity index (χ2n) is 5.11. The van der Waals surface area contributed by atoms with Crippen molar-refractivity contribution in [2.24, 2.45) is 0 Å². The molecule has 23 heavy (non-hydrogen) atoms. The number of carbonyl (C=O) groups excluding carboxylic acids is 1. The van der Waals surface area contributed by atoms with Crippen LogP contribution in [-0.4, -0.2) is 10.8 Å². The fraction of sp³-hybridized carbons (Fsp3) is 0.105. The van der Waals surface area contributed by atoms with E-state index in [1.54, 1.807) is 6.20 Å². The summed E-state index contributed by atoms with van der Waals surface area (Å²) in [4.78, 5) is 17.1. The third-order valence-corrected chi connectivity index (χ3v) is 3.67. The van der Waals surface area contributed by atoms with Crippen LogP contribution in [0, 0.1) is 0 Å². The zero-order valence-corrected chi connectivity index (χ0v) is 14.3. The molecule has 0 amide bonds. The highest BCUT2D eigenvalue weighted by Gasteiger charge is 2.27. The van der Waals surface area contributed by atoms with Gasteiger partial charge < -0.3 is 17.0 Å². The van der Waals surface area contributed by atoms with Crippen molar-refractivity contribution in [2.75, 3.05) is 0 Å². The average molecular weight is 369 g/mol. The topological polar surface area (TPSA) is 33.8 Å². The molecule has 1 aromatic carbocycles. The van der Waals surface area contributed by atoms with E-state index >= 15 is 0 Å². The van der Waals surface area contributed by atoms with Gasteiger partial charge in [-0.15, -0.1) is 0 Å². The van der Waals surface area contributed by atoms with Crippen LogP contribution < -0.4 is 21.5 Å². The zero-order valence-electron chi connectivity index (χ0n) is 12.8. The van der Waals surface area contributed by atoms with Gasteiger partial charge in [-0.1, -0.05) is 36.4 Å². The molecule has 2 heterocycles. The fourth-order valence-corrected chi connectivity index (χ4v) is 2.50. The van der Waals surface area contributed by atoms with Crippen molar-refractivity contribution in [3.8, 4) is 11.4 Å². The maximum Gasteiger partial charge on any atom is 0.231 e. The summed E-state index contributed by atoms with van der Waals surface area (Å²) in [6, 6.07) is 20.7. The summed E-state index contributed by atoms with van der Waals surface area (Å²) in [5.74, 6) is 0.0916. The molecule has 0 saturated heterocycles. The summed E-state index contributed by atoms with van der Waals surface area (Å²) in [6.07, 6.45) is 3.69. The van der Waals surface area contributed by atoms with Crippen LogP contribution in [0.3, 0.4) is 0 Å². The van der Waals surface area contributed by atoms with Crippen LogP contribution in [0.15, 0.2) is 79.1 Å². The van der Waals surface area contributed by atoms with Gasteiger partial charge in [-0.2, -0.15) is 4.57 Å². The molecule has 0 radical (unpaired) electrons. The van der Waals surface area contributed by atoms with Crippen LogP contribution in [-0.2, 0) is 0 Å². The standard InChI is InChI=1S/C19H17N2O.BrH/c1-15(19(22)16-9-3-2-4-10-16)21-14-8-6-12-18(21)17-11-5-7-13-20-17;/h2-15H,1H3;1H/q+1;/p-1. The van der Waals surface area contributed by atoms with Crippen LogP contribution in [0.5, 0.6) is 0 Å². The molecule has 116 valence electrons. The van der Waals surface area contributed by atoms with Gasteiger partial charge in [0.25, 0.3) is 0 Å². The molecule has 0 aliphatic rings. The Morgan fingerprint density at radius 1 is 0.957 bits per heavy atom. The van der Waals surface area contributed by atoms with Crippen LogP contribution >= 0.6 is 0 Å². The maximum absolute atomic E-state index is 12.7. The van der Waals surface area contributed by atoms with E-state index in [9.17, 15) is 4.79 Å². The fourth-order valence-electron chi connectivity index (χ4n) is 2.50. The van der Waals surface area contributed by atoms with Crippen molar-refractivity contribution >= 4 is 5.78 Å². The minimum atomic E-state index is -0.291. The van der Waals surface area contributed by atoms with Gasteiger partial charge in [0.2, 0.25) is 17.5 Å². The van der Waals surface area contributed by atoms with Gasteiger partial charge in [0, 0.05) is 30.8 Å². The Kier molecular flexibility index (Phi) is 5.77. The van der Waals surface area contributed by atoms with E-state index in [0.29, 0.717) is 0 Å². The van der Waals surface area contributed by atoms with Crippen molar-refractivity contribution < 1.29 is 26.3 Å². The molecule has 0 aliphatic heterocycles. The number of Topliss-reactive ketones (excluding diaryl/α,β-unsaturated/α-hetero) is 1. The van der Waals surface area contributed by atoms with Crippen LogP contribution in [0.4, 0.5) is 0 Å². The van der Waals surface area contributed by atoms with E-state index in [4.69, 9.17) is 0 Å². The lowest BCUT2D eigenvalue weighted by Crippen LogP contribution is -3.00. The lowest BCUT2D eigenvalue weighted by molar-refractivity contribution is -0.694. The van der Waals surface area contributed by atoms with E-state index in [-0.39, 0.29) is 28.8 Å². The Morgan fingerprint density at radius 2 is 1.65 bits per heavy atom. The molecule has 3 aromatic rings. The molecular weight excluding hydrogens is 352 g/mol. The molecule has 3 nitrogen and oxygen atoms in total. The number of carbonyl (C=O) groups is 1. The van der Waals surface area contributed by atoms with Crippen molar-refractivity contribution in [1.82, 2.24) is 4.98 Å². The number of aromatic nitrogens is 2.